The van der Waals surface area contributed by atoms with Crippen LogP contribution in [0, 0.1) is 0 Å². The van der Waals surface area contributed by atoms with E-state index in [1.54, 1.807) is 0 Å². The van der Waals surface area contributed by atoms with Crippen LogP contribution >= 0.6 is 0 Å². The Hall–Kier alpha value is -1.64. The SMILES string of the molecule is CC[Se][C@@H]1OC(COC(C)=O)[C@@H](OC(C)=O)C(OC(C)=O)C1OC(C)=O. The van der Waals surface area contributed by atoms with Crippen LogP contribution in [0.5, 0.6) is 0 Å². The van der Waals surface area contributed by atoms with E-state index >= 15 is 0 Å². The molecule has 0 aromatic rings. The second kappa shape index (κ2) is 10.5. The third kappa shape index (κ3) is 6.93. The molecule has 26 heavy (non-hydrogen) atoms. The molecule has 0 aromatic carbocycles. The molecule has 9 nitrogen and oxygen atoms in total. The molecule has 10 heteroatoms. The molecule has 0 N–H and O–H groups in total. The van der Waals surface area contributed by atoms with E-state index in [1.807, 2.05) is 6.92 Å². The van der Waals surface area contributed by atoms with Crippen molar-refractivity contribution in [2.24, 2.45) is 0 Å². The second-order valence-electron chi connectivity index (χ2n) is 5.52. The first-order chi connectivity index (χ1) is 12.1. The van der Waals surface area contributed by atoms with Gasteiger partial charge in [0, 0.05) is 0 Å². The van der Waals surface area contributed by atoms with Crippen LogP contribution in [0.2, 0.25) is 5.32 Å². The topological polar surface area (TPSA) is 114 Å². The van der Waals surface area contributed by atoms with Gasteiger partial charge in [-0.25, -0.2) is 0 Å². The summed E-state index contributed by atoms with van der Waals surface area (Å²) in [7, 11) is 0. The molecule has 1 heterocycles. The first-order valence-corrected chi connectivity index (χ1v) is 10.3. The summed E-state index contributed by atoms with van der Waals surface area (Å²) < 4.78 is 26.8. The van der Waals surface area contributed by atoms with Gasteiger partial charge in [0.05, 0.1) is 0 Å². The summed E-state index contributed by atoms with van der Waals surface area (Å²) in [6.45, 7) is 6.61. The van der Waals surface area contributed by atoms with Crippen molar-refractivity contribution in [1.29, 1.82) is 0 Å². The monoisotopic (exact) mass is 440 g/mol. The zero-order valence-electron chi connectivity index (χ0n) is 15.4. The third-order valence-corrected chi connectivity index (χ3v) is 5.46. The van der Waals surface area contributed by atoms with Gasteiger partial charge in [0.15, 0.2) is 0 Å². The van der Waals surface area contributed by atoms with Gasteiger partial charge in [0.25, 0.3) is 0 Å². The number of esters is 4. The fourth-order valence-electron chi connectivity index (χ4n) is 2.49. The van der Waals surface area contributed by atoms with Gasteiger partial charge >= 0.3 is 158 Å². The molecule has 1 rings (SSSR count). The summed E-state index contributed by atoms with van der Waals surface area (Å²) in [5.74, 6) is -2.36. The van der Waals surface area contributed by atoms with Crippen LogP contribution in [0.1, 0.15) is 34.6 Å². The van der Waals surface area contributed by atoms with Gasteiger partial charge in [0.2, 0.25) is 0 Å². The molecule has 0 radical (unpaired) electrons. The van der Waals surface area contributed by atoms with E-state index in [9.17, 15) is 19.2 Å². The van der Waals surface area contributed by atoms with Crippen molar-refractivity contribution in [3.8, 4) is 0 Å². The summed E-state index contributed by atoms with van der Waals surface area (Å²) >= 11 is -0.117. The molecule has 1 aliphatic heterocycles. The third-order valence-electron chi connectivity index (χ3n) is 3.28. The average Bonchev–Trinajstić information content (AvgIpc) is 2.50. The maximum atomic E-state index is 11.6. The average molecular weight is 439 g/mol. The van der Waals surface area contributed by atoms with Crippen molar-refractivity contribution in [3.63, 3.8) is 0 Å². The van der Waals surface area contributed by atoms with Gasteiger partial charge in [-0.1, -0.05) is 0 Å². The molecule has 0 saturated carbocycles. The number of carbonyl (C=O) groups excluding carboxylic acids is 4. The van der Waals surface area contributed by atoms with Gasteiger partial charge in [-0.05, 0) is 0 Å². The van der Waals surface area contributed by atoms with Crippen molar-refractivity contribution in [2.45, 2.75) is 69.4 Å². The Morgan fingerprint density at radius 3 is 1.77 bits per heavy atom. The molecule has 0 aliphatic carbocycles. The van der Waals surface area contributed by atoms with Crippen molar-refractivity contribution < 1.29 is 42.9 Å². The van der Waals surface area contributed by atoms with E-state index in [2.05, 4.69) is 0 Å². The first kappa shape index (κ1) is 22.4. The van der Waals surface area contributed by atoms with Crippen LogP contribution in [0.15, 0.2) is 0 Å². The normalized spacial score (nSPS) is 28.0. The van der Waals surface area contributed by atoms with Gasteiger partial charge in [-0.3, -0.25) is 0 Å². The summed E-state index contributed by atoms with van der Waals surface area (Å²) in [5.41, 5.74) is 0. The molecule has 148 valence electrons. The number of ether oxygens (including phenoxy) is 5. The summed E-state index contributed by atoms with van der Waals surface area (Å²) in [5, 5.41) is 0.217. The predicted octanol–water partition coefficient (Wildman–Crippen LogP) is 0.212. The maximum absolute atomic E-state index is 11.6. The van der Waals surface area contributed by atoms with Crippen LogP contribution in [-0.2, 0) is 42.9 Å². The number of hydrogen-bond donors (Lipinski definition) is 0. The van der Waals surface area contributed by atoms with Gasteiger partial charge in [0.1, 0.15) is 0 Å². The molecule has 0 amide bonds. The van der Waals surface area contributed by atoms with Gasteiger partial charge in [-0.2, -0.15) is 0 Å². The molecule has 1 aliphatic rings. The molecule has 3 unspecified atom stereocenters. The Morgan fingerprint density at radius 1 is 0.808 bits per heavy atom. The van der Waals surface area contributed by atoms with Crippen LogP contribution in [0.3, 0.4) is 0 Å². The summed E-state index contributed by atoms with van der Waals surface area (Å²) in [6, 6.07) is 0. The zero-order valence-corrected chi connectivity index (χ0v) is 17.1. The molecule has 0 bridgehead atoms. The van der Waals surface area contributed by atoms with Crippen LogP contribution in [-0.4, -0.2) is 74.9 Å². The van der Waals surface area contributed by atoms with Crippen molar-refractivity contribution in [1.82, 2.24) is 0 Å². The van der Waals surface area contributed by atoms with E-state index in [1.165, 1.54) is 27.7 Å². The Kier molecular flexibility index (Phi) is 9.04. The Balaban J connectivity index is 3.22. The molecule has 1 fully saturated rings. The predicted molar refractivity (Wildman–Crippen MR) is 88.2 cm³/mol. The van der Waals surface area contributed by atoms with Crippen LogP contribution in [0.4, 0.5) is 0 Å². The molecule has 0 aromatic heterocycles. The fourth-order valence-corrected chi connectivity index (χ4v) is 4.48. The van der Waals surface area contributed by atoms with Crippen molar-refractivity contribution >= 4 is 38.8 Å². The fraction of sp³-hybridized carbons (Fsp3) is 0.750. The Morgan fingerprint density at radius 2 is 1.31 bits per heavy atom. The Bertz CT molecular complexity index is 536. The quantitative estimate of drug-likeness (QED) is 0.312. The minimum atomic E-state index is -1.08. The molecule has 1 saturated heterocycles. The number of carbonyl (C=O) groups is 4. The van der Waals surface area contributed by atoms with E-state index < -0.39 is 53.3 Å². The van der Waals surface area contributed by atoms with E-state index in [0.717, 1.165) is 5.32 Å². The molecule has 5 atom stereocenters. The summed E-state index contributed by atoms with van der Waals surface area (Å²) in [6.07, 6.45) is -3.91. The standard InChI is InChI=1S/C16H24O9Se/c1-6-26-16-15(24-11(5)20)14(23-10(4)19)13(22-9(3)18)12(25-16)7-21-8(2)17/h12-16H,6-7H2,1-5H3/t12?,13-,14?,15?,16+/m1/s1. The minimum absolute atomic E-state index is 0.117. The van der Waals surface area contributed by atoms with E-state index in [-0.39, 0.29) is 21.6 Å². The summed E-state index contributed by atoms with van der Waals surface area (Å²) in [4.78, 5) is 45.8. The Labute approximate surface area is 158 Å². The van der Waals surface area contributed by atoms with Crippen LogP contribution in [0.25, 0.3) is 0 Å². The van der Waals surface area contributed by atoms with Gasteiger partial charge in [-0.15, -0.1) is 0 Å². The van der Waals surface area contributed by atoms with Crippen molar-refractivity contribution in [3.05, 3.63) is 0 Å². The molecular weight excluding hydrogens is 415 g/mol. The molecular formula is C16H24O9Se. The van der Waals surface area contributed by atoms with Crippen LogP contribution < -0.4 is 0 Å². The number of rotatable bonds is 7. The zero-order chi connectivity index (χ0) is 19.9. The van der Waals surface area contributed by atoms with Gasteiger partial charge < -0.3 is 0 Å². The van der Waals surface area contributed by atoms with E-state index in [0.29, 0.717) is 0 Å². The molecule has 0 spiro atoms. The first-order valence-electron chi connectivity index (χ1n) is 8.07. The second-order valence-corrected chi connectivity index (χ2v) is 8.41. The van der Waals surface area contributed by atoms with E-state index in [4.69, 9.17) is 23.7 Å². The van der Waals surface area contributed by atoms with Crippen molar-refractivity contribution in [2.75, 3.05) is 6.61 Å². The number of hydrogen-bond acceptors (Lipinski definition) is 9.